The summed E-state index contributed by atoms with van der Waals surface area (Å²) in [4.78, 5) is 55.1. The zero-order valence-electron chi connectivity index (χ0n) is 23.4. The van der Waals surface area contributed by atoms with Gasteiger partial charge in [0.15, 0.2) is 0 Å². The van der Waals surface area contributed by atoms with Crippen LogP contribution in [0.5, 0.6) is 0 Å². The van der Waals surface area contributed by atoms with Crippen molar-refractivity contribution in [2.24, 2.45) is 17.8 Å². The van der Waals surface area contributed by atoms with Gasteiger partial charge in [-0.05, 0) is 61.4 Å². The van der Waals surface area contributed by atoms with Crippen LogP contribution in [0.1, 0.15) is 39.5 Å². The lowest BCUT2D eigenvalue weighted by atomic mass is 9.78. The van der Waals surface area contributed by atoms with Gasteiger partial charge in [-0.2, -0.15) is 11.8 Å². The van der Waals surface area contributed by atoms with Gasteiger partial charge in [0, 0.05) is 48.3 Å². The number of amides is 3. The lowest BCUT2D eigenvalue weighted by Gasteiger charge is -2.48. The van der Waals surface area contributed by atoms with Crippen LogP contribution >= 0.6 is 11.8 Å². The monoisotopic (exact) mass is 589 g/mol. The SMILES string of the molecule is C[C@@H](NC(=O)Cn1cnnn1)[C@H]1C(=O)N2C(C(=O)O)C(S[C@@H]3CN[C@H](C(=O)N4CCC5NCCCC5C4)C3)[C@H](C)[C@H]12. The molecule has 0 bridgehead atoms. The number of likely N-dealkylation sites (tertiary alicyclic amines) is 1. The Kier molecular flexibility index (Phi) is 7.94. The smallest absolute Gasteiger partial charge is 0.327 e. The summed E-state index contributed by atoms with van der Waals surface area (Å²) >= 11 is 1.59. The van der Waals surface area contributed by atoms with Crippen molar-refractivity contribution in [1.29, 1.82) is 0 Å². The van der Waals surface area contributed by atoms with Crippen molar-refractivity contribution >= 4 is 35.5 Å². The van der Waals surface area contributed by atoms with Gasteiger partial charge in [0.05, 0.1) is 12.0 Å². The fraction of sp³-hybridized carbons (Fsp3) is 0.808. The highest BCUT2D eigenvalue weighted by Crippen LogP contribution is 2.50. The molecule has 0 aromatic carbocycles. The number of tetrazole rings is 1. The summed E-state index contributed by atoms with van der Waals surface area (Å²) in [5.74, 6) is -1.49. The molecular weight excluding hydrogens is 550 g/mol. The first-order valence-electron chi connectivity index (χ1n) is 14.7. The molecule has 10 atom stereocenters. The number of carboxylic acids is 1. The number of β-lactam (4-membered cyclic amide) rings is 1. The number of fused-ring (bicyclic) bond motifs is 2. The molecule has 0 aliphatic carbocycles. The van der Waals surface area contributed by atoms with Crippen LogP contribution in [-0.4, -0.2) is 126 Å². The molecule has 5 saturated heterocycles. The van der Waals surface area contributed by atoms with E-state index in [1.54, 1.807) is 18.7 Å². The number of nitrogens with zero attached hydrogens (tertiary/aromatic N) is 6. The third kappa shape index (κ3) is 5.31. The molecule has 3 amide bonds. The second kappa shape index (κ2) is 11.5. The molecule has 6 heterocycles. The fourth-order valence-electron chi connectivity index (χ4n) is 7.74. The van der Waals surface area contributed by atoms with E-state index in [4.69, 9.17) is 0 Å². The van der Waals surface area contributed by atoms with E-state index in [2.05, 4.69) is 31.5 Å². The normalized spacial score (nSPS) is 37.2. The molecule has 0 radical (unpaired) electrons. The summed E-state index contributed by atoms with van der Waals surface area (Å²) in [6.45, 7) is 6.98. The number of carboxylic acid groups (broad SMARTS) is 1. The minimum Gasteiger partial charge on any atom is -0.480 e. The van der Waals surface area contributed by atoms with Crippen molar-refractivity contribution in [2.45, 2.75) is 86.8 Å². The highest BCUT2D eigenvalue weighted by molar-refractivity contribution is 8.00. The molecule has 4 unspecified atom stereocenters. The first-order chi connectivity index (χ1) is 19.7. The second-order valence-corrected chi connectivity index (χ2v) is 13.7. The average Bonchev–Trinajstić information content (AvgIpc) is 3.68. The second-order valence-electron chi connectivity index (χ2n) is 12.2. The van der Waals surface area contributed by atoms with Gasteiger partial charge in [-0.3, -0.25) is 14.4 Å². The van der Waals surface area contributed by atoms with Gasteiger partial charge in [-0.15, -0.1) is 5.10 Å². The van der Waals surface area contributed by atoms with Gasteiger partial charge in [0.25, 0.3) is 0 Å². The van der Waals surface area contributed by atoms with Crippen molar-refractivity contribution in [1.82, 2.24) is 46.0 Å². The molecule has 224 valence electrons. The number of nitrogens with one attached hydrogen (secondary N) is 3. The number of hydrogen-bond donors (Lipinski definition) is 4. The lowest BCUT2D eigenvalue weighted by Crippen LogP contribution is -2.68. The summed E-state index contributed by atoms with van der Waals surface area (Å²) < 4.78 is 1.30. The first-order valence-corrected chi connectivity index (χ1v) is 15.6. The van der Waals surface area contributed by atoms with Gasteiger partial charge in [0.1, 0.15) is 18.9 Å². The Morgan fingerprint density at radius 2 is 2.10 bits per heavy atom. The first kappa shape index (κ1) is 28.3. The third-order valence-electron chi connectivity index (χ3n) is 9.72. The minimum atomic E-state index is -1.01. The maximum absolute atomic E-state index is 13.4. The molecule has 5 aliphatic rings. The number of piperidine rings is 2. The van der Waals surface area contributed by atoms with Gasteiger partial charge in [-0.1, -0.05) is 6.92 Å². The van der Waals surface area contributed by atoms with E-state index in [-0.39, 0.29) is 52.8 Å². The van der Waals surface area contributed by atoms with Crippen LogP contribution in [0.15, 0.2) is 6.33 Å². The third-order valence-corrected chi connectivity index (χ3v) is 11.5. The largest absolute Gasteiger partial charge is 0.480 e. The number of thioether (sulfide) groups is 1. The van der Waals surface area contributed by atoms with Crippen LogP contribution in [0.25, 0.3) is 0 Å². The quantitative estimate of drug-likeness (QED) is 0.261. The number of aliphatic carboxylic acids is 1. The molecular formula is C26H39N9O5S. The lowest BCUT2D eigenvalue weighted by molar-refractivity contribution is -0.166. The molecule has 14 nitrogen and oxygen atoms in total. The minimum absolute atomic E-state index is 0.0669. The van der Waals surface area contributed by atoms with E-state index < -0.39 is 24.0 Å². The molecule has 0 spiro atoms. The number of carbonyl (C=O) groups excluding carboxylic acids is 3. The molecule has 15 heteroatoms. The van der Waals surface area contributed by atoms with Crippen molar-refractivity contribution in [3.63, 3.8) is 0 Å². The summed E-state index contributed by atoms with van der Waals surface area (Å²) in [7, 11) is 0. The fourth-order valence-corrected chi connectivity index (χ4v) is 9.48. The number of carbonyl (C=O) groups is 4. The Bertz CT molecular complexity index is 1170. The Morgan fingerprint density at radius 3 is 2.85 bits per heavy atom. The Hall–Kier alpha value is -2.78. The van der Waals surface area contributed by atoms with Crippen LogP contribution < -0.4 is 16.0 Å². The standard InChI is InChI=1S/C26H39N9O5S/c1-13-21-20(14(2)30-19(36)11-34-12-29-31-32-34)25(38)35(21)22(26(39)40)23(13)41-16-8-18(28-9-16)24(37)33-7-5-17-15(10-33)4-3-6-27-17/h12-18,20-23,27-28H,3-11H2,1-2H3,(H,30,36)(H,39,40)/t13-,14-,15?,16+,17?,18+,20-,21-,22?,23?/m1/s1. The summed E-state index contributed by atoms with van der Waals surface area (Å²) in [6.07, 6.45) is 5.29. The highest BCUT2D eigenvalue weighted by Gasteiger charge is 2.65. The van der Waals surface area contributed by atoms with Crippen molar-refractivity contribution in [3.8, 4) is 0 Å². The molecule has 6 rings (SSSR count). The molecule has 1 aromatic rings. The van der Waals surface area contributed by atoms with E-state index in [1.165, 1.54) is 15.9 Å². The van der Waals surface area contributed by atoms with Gasteiger partial charge >= 0.3 is 5.97 Å². The van der Waals surface area contributed by atoms with Crippen LogP contribution in [0.2, 0.25) is 0 Å². The van der Waals surface area contributed by atoms with Crippen LogP contribution in [-0.2, 0) is 25.7 Å². The van der Waals surface area contributed by atoms with Crippen molar-refractivity contribution < 1.29 is 24.3 Å². The summed E-state index contributed by atoms with van der Waals surface area (Å²) in [6, 6.07) is -1.42. The van der Waals surface area contributed by atoms with Gasteiger partial charge in [-0.25, -0.2) is 9.48 Å². The van der Waals surface area contributed by atoms with Crippen molar-refractivity contribution in [3.05, 3.63) is 6.33 Å². The number of rotatable bonds is 8. The van der Waals surface area contributed by atoms with Crippen LogP contribution in [0.3, 0.4) is 0 Å². The van der Waals surface area contributed by atoms with E-state index in [0.717, 1.165) is 38.9 Å². The molecule has 1 aromatic heterocycles. The summed E-state index contributed by atoms with van der Waals surface area (Å²) in [5.41, 5.74) is 0. The maximum Gasteiger partial charge on any atom is 0.327 e. The zero-order chi connectivity index (χ0) is 28.8. The molecule has 0 saturated carbocycles. The Labute approximate surface area is 242 Å². The maximum atomic E-state index is 13.4. The van der Waals surface area contributed by atoms with E-state index in [0.29, 0.717) is 24.9 Å². The average molecular weight is 590 g/mol. The van der Waals surface area contributed by atoms with Crippen LogP contribution in [0, 0.1) is 17.8 Å². The summed E-state index contributed by atoms with van der Waals surface area (Å²) in [5, 5.41) is 30.5. The molecule has 5 aliphatic heterocycles. The molecule has 5 fully saturated rings. The Morgan fingerprint density at radius 1 is 1.27 bits per heavy atom. The van der Waals surface area contributed by atoms with Crippen molar-refractivity contribution in [2.75, 3.05) is 26.2 Å². The topological polar surface area (TPSA) is 175 Å². The van der Waals surface area contributed by atoms with E-state index in [1.807, 2.05) is 11.8 Å². The zero-order valence-corrected chi connectivity index (χ0v) is 24.2. The Balaban J connectivity index is 1.06. The predicted octanol–water partition coefficient (Wildman–Crippen LogP) is -1.46. The van der Waals surface area contributed by atoms with E-state index in [9.17, 15) is 24.3 Å². The van der Waals surface area contributed by atoms with Gasteiger partial charge in [0.2, 0.25) is 17.7 Å². The number of hydrogen-bond acceptors (Lipinski definition) is 10. The molecule has 41 heavy (non-hydrogen) atoms. The van der Waals surface area contributed by atoms with Crippen LogP contribution in [0.4, 0.5) is 0 Å². The number of aromatic nitrogens is 4. The molecule has 4 N–H and O–H groups in total. The van der Waals surface area contributed by atoms with E-state index >= 15 is 0 Å². The predicted molar refractivity (Wildman–Crippen MR) is 147 cm³/mol. The highest BCUT2D eigenvalue weighted by atomic mass is 32.2. The van der Waals surface area contributed by atoms with Gasteiger partial charge < -0.3 is 30.9 Å².